The zero-order valence-electron chi connectivity index (χ0n) is 14.3. The zero-order chi connectivity index (χ0) is 17.6. The molecule has 0 amide bonds. The SMILES string of the molecule is CCOc1ccc(-c2csc3nc(C)nc(SCCCC#N)c23)cc1. The van der Waals surface area contributed by atoms with Gasteiger partial charge in [0.2, 0.25) is 0 Å². The van der Waals surface area contributed by atoms with Crippen molar-refractivity contribution in [3.05, 3.63) is 35.5 Å². The van der Waals surface area contributed by atoms with Crippen LogP contribution in [0.1, 0.15) is 25.6 Å². The van der Waals surface area contributed by atoms with E-state index in [4.69, 9.17) is 10.00 Å². The number of thiophene rings is 1. The molecule has 25 heavy (non-hydrogen) atoms. The summed E-state index contributed by atoms with van der Waals surface area (Å²) < 4.78 is 5.53. The van der Waals surface area contributed by atoms with Gasteiger partial charge in [0.15, 0.2) is 0 Å². The molecule has 0 aliphatic rings. The molecule has 2 heterocycles. The van der Waals surface area contributed by atoms with Crippen molar-refractivity contribution < 1.29 is 4.74 Å². The number of rotatable bonds is 7. The summed E-state index contributed by atoms with van der Waals surface area (Å²) in [6.45, 7) is 4.57. The van der Waals surface area contributed by atoms with E-state index in [0.29, 0.717) is 13.0 Å². The highest BCUT2D eigenvalue weighted by Gasteiger charge is 2.14. The van der Waals surface area contributed by atoms with Crippen molar-refractivity contribution in [3.8, 4) is 22.9 Å². The smallest absolute Gasteiger partial charge is 0.128 e. The average Bonchev–Trinajstić information content (AvgIpc) is 3.03. The summed E-state index contributed by atoms with van der Waals surface area (Å²) in [6.07, 6.45) is 1.45. The number of aryl methyl sites for hydroxylation is 1. The van der Waals surface area contributed by atoms with Gasteiger partial charge in [-0.25, -0.2) is 9.97 Å². The fraction of sp³-hybridized carbons (Fsp3) is 0.316. The third kappa shape index (κ3) is 4.12. The third-order valence-electron chi connectivity index (χ3n) is 3.66. The molecule has 3 aromatic rings. The van der Waals surface area contributed by atoms with Gasteiger partial charge in [-0.1, -0.05) is 12.1 Å². The van der Waals surface area contributed by atoms with E-state index in [-0.39, 0.29) is 0 Å². The Labute approximate surface area is 155 Å². The molecule has 128 valence electrons. The molecule has 4 nitrogen and oxygen atoms in total. The highest BCUT2D eigenvalue weighted by molar-refractivity contribution is 7.99. The van der Waals surface area contributed by atoms with Crippen LogP contribution < -0.4 is 4.74 Å². The van der Waals surface area contributed by atoms with Crippen LogP contribution >= 0.6 is 23.1 Å². The molecule has 0 aliphatic heterocycles. The van der Waals surface area contributed by atoms with E-state index in [1.165, 1.54) is 0 Å². The molecular weight excluding hydrogens is 350 g/mol. The molecule has 6 heteroatoms. The van der Waals surface area contributed by atoms with Crippen LogP contribution in [0.5, 0.6) is 5.75 Å². The number of nitrogens with zero attached hydrogens (tertiary/aromatic N) is 3. The van der Waals surface area contributed by atoms with Crippen molar-refractivity contribution in [1.82, 2.24) is 9.97 Å². The molecule has 0 bridgehead atoms. The molecule has 0 spiro atoms. The maximum Gasteiger partial charge on any atom is 0.128 e. The molecule has 0 aliphatic carbocycles. The second-order valence-corrected chi connectivity index (χ2v) is 7.41. The second-order valence-electron chi connectivity index (χ2n) is 5.47. The van der Waals surface area contributed by atoms with Gasteiger partial charge in [0.05, 0.1) is 18.1 Å². The summed E-state index contributed by atoms with van der Waals surface area (Å²) in [5.41, 5.74) is 2.30. The molecule has 0 saturated heterocycles. The van der Waals surface area contributed by atoms with Crippen LogP contribution in [0, 0.1) is 18.3 Å². The summed E-state index contributed by atoms with van der Waals surface area (Å²) in [5, 5.41) is 13.0. The predicted molar refractivity (Wildman–Crippen MR) is 104 cm³/mol. The molecule has 0 unspecified atom stereocenters. The molecule has 3 rings (SSSR count). The Kier molecular flexibility index (Phi) is 5.90. The Morgan fingerprint density at radius 3 is 2.76 bits per heavy atom. The highest BCUT2D eigenvalue weighted by atomic mass is 32.2. The Morgan fingerprint density at radius 2 is 2.04 bits per heavy atom. The molecule has 1 aromatic carbocycles. The van der Waals surface area contributed by atoms with Crippen molar-refractivity contribution in [1.29, 1.82) is 5.26 Å². The van der Waals surface area contributed by atoms with Crippen molar-refractivity contribution in [2.24, 2.45) is 0 Å². The quantitative estimate of drug-likeness (QED) is 0.314. The lowest BCUT2D eigenvalue weighted by molar-refractivity contribution is 0.340. The molecule has 0 fully saturated rings. The molecule has 0 N–H and O–H groups in total. The number of hydrogen-bond acceptors (Lipinski definition) is 6. The van der Waals surface area contributed by atoms with E-state index in [9.17, 15) is 0 Å². The predicted octanol–water partition coefficient (Wildman–Crippen LogP) is 5.46. The minimum Gasteiger partial charge on any atom is -0.494 e. The van der Waals surface area contributed by atoms with Crippen molar-refractivity contribution >= 4 is 33.3 Å². The standard InChI is InChI=1S/C19H19N3OS2/c1-3-23-15-8-6-14(7-9-15)16-12-25-19-17(16)18(21-13(2)22-19)24-11-5-4-10-20/h6-9,12H,3-5,11H2,1-2H3. The van der Waals surface area contributed by atoms with Crippen LogP contribution in [-0.2, 0) is 0 Å². The molecule has 0 saturated carbocycles. The van der Waals surface area contributed by atoms with Gasteiger partial charge in [-0.05, 0) is 38.0 Å². The van der Waals surface area contributed by atoms with Crippen molar-refractivity contribution in [2.75, 3.05) is 12.4 Å². The number of hydrogen-bond donors (Lipinski definition) is 0. The van der Waals surface area contributed by atoms with E-state index < -0.39 is 0 Å². The summed E-state index contributed by atoms with van der Waals surface area (Å²) in [6, 6.07) is 10.3. The summed E-state index contributed by atoms with van der Waals surface area (Å²) in [7, 11) is 0. The first kappa shape index (κ1) is 17.7. The van der Waals surface area contributed by atoms with E-state index in [0.717, 1.165) is 50.1 Å². The lowest BCUT2D eigenvalue weighted by Gasteiger charge is -2.07. The number of nitriles is 1. The second kappa shape index (κ2) is 8.32. The Bertz CT molecular complexity index is 897. The van der Waals surface area contributed by atoms with Crippen LogP contribution in [0.15, 0.2) is 34.7 Å². The van der Waals surface area contributed by atoms with Crippen molar-refractivity contribution in [3.63, 3.8) is 0 Å². The third-order valence-corrected chi connectivity index (χ3v) is 5.59. The lowest BCUT2D eigenvalue weighted by atomic mass is 10.1. The monoisotopic (exact) mass is 369 g/mol. The number of unbranched alkanes of at least 4 members (excludes halogenated alkanes) is 1. The lowest BCUT2D eigenvalue weighted by Crippen LogP contribution is -1.93. The summed E-state index contributed by atoms with van der Waals surface area (Å²) in [4.78, 5) is 10.3. The van der Waals surface area contributed by atoms with Gasteiger partial charge >= 0.3 is 0 Å². The van der Waals surface area contributed by atoms with Crippen LogP contribution in [0.2, 0.25) is 0 Å². The number of benzene rings is 1. The first-order chi connectivity index (χ1) is 12.2. The fourth-order valence-corrected chi connectivity index (χ4v) is 4.63. The Hall–Kier alpha value is -2.10. The van der Waals surface area contributed by atoms with Crippen LogP contribution in [0.4, 0.5) is 0 Å². The highest BCUT2D eigenvalue weighted by Crippen LogP contribution is 2.38. The zero-order valence-corrected chi connectivity index (χ0v) is 15.9. The van der Waals surface area contributed by atoms with Crippen LogP contribution in [0.3, 0.4) is 0 Å². The average molecular weight is 370 g/mol. The van der Waals surface area contributed by atoms with Crippen molar-refractivity contribution in [2.45, 2.75) is 31.7 Å². The number of aromatic nitrogens is 2. The summed E-state index contributed by atoms with van der Waals surface area (Å²) in [5.74, 6) is 2.55. The van der Waals surface area contributed by atoms with Gasteiger partial charge in [0, 0.05) is 23.1 Å². The van der Waals surface area contributed by atoms with E-state index in [1.54, 1.807) is 23.1 Å². The Morgan fingerprint density at radius 1 is 1.24 bits per heavy atom. The van der Waals surface area contributed by atoms with Gasteiger partial charge < -0.3 is 4.74 Å². The summed E-state index contributed by atoms with van der Waals surface area (Å²) >= 11 is 3.36. The van der Waals surface area contributed by atoms with E-state index in [1.807, 2.05) is 26.0 Å². The van der Waals surface area contributed by atoms with Gasteiger partial charge in [0.25, 0.3) is 0 Å². The minimum atomic E-state index is 0.579. The first-order valence-electron chi connectivity index (χ1n) is 8.21. The largest absolute Gasteiger partial charge is 0.494 e. The topological polar surface area (TPSA) is 58.8 Å². The van der Waals surface area contributed by atoms with Gasteiger partial charge in [-0.2, -0.15) is 5.26 Å². The number of fused-ring (bicyclic) bond motifs is 1. The molecular formula is C19H19N3OS2. The number of ether oxygens (including phenoxy) is 1. The van der Waals surface area contributed by atoms with Gasteiger partial charge in [-0.3, -0.25) is 0 Å². The van der Waals surface area contributed by atoms with E-state index in [2.05, 4.69) is 33.5 Å². The maximum absolute atomic E-state index is 8.71. The normalized spacial score (nSPS) is 10.8. The molecule has 2 aromatic heterocycles. The minimum absolute atomic E-state index is 0.579. The molecule has 0 atom stereocenters. The van der Waals surface area contributed by atoms with Crippen LogP contribution in [-0.4, -0.2) is 22.3 Å². The Balaban J connectivity index is 1.96. The first-order valence-corrected chi connectivity index (χ1v) is 10.1. The van der Waals surface area contributed by atoms with E-state index >= 15 is 0 Å². The van der Waals surface area contributed by atoms with Gasteiger partial charge in [-0.15, -0.1) is 23.1 Å². The molecule has 0 radical (unpaired) electrons. The fourth-order valence-electron chi connectivity index (χ4n) is 2.55. The number of thioether (sulfide) groups is 1. The van der Waals surface area contributed by atoms with Crippen LogP contribution in [0.25, 0.3) is 21.3 Å². The maximum atomic E-state index is 8.71. The van der Waals surface area contributed by atoms with Gasteiger partial charge in [0.1, 0.15) is 21.4 Å².